The van der Waals surface area contributed by atoms with Gasteiger partial charge in [-0.15, -0.1) is 0 Å². The van der Waals surface area contributed by atoms with E-state index < -0.39 is 13.4 Å². The van der Waals surface area contributed by atoms with Gasteiger partial charge in [0.2, 0.25) is 5.91 Å². The Morgan fingerprint density at radius 2 is 1.39 bits per heavy atom. The summed E-state index contributed by atoms with van der Waals surface area (Å²) >= 11 is 0. The molecule has 0 aliphatic rings. The highest BCUT2D eigenvalue weighted by Crippen LogP contribution is 2.40. The molecule has 28 heavy (non-hydrogen) atoms. The maximum absolute atomic E-state index is 11.6. The van der Waals surface area contributed by atoms with E-state index in [1.165, 1.54) is 57.8 Å². The third kappa shape index (κ3) is 18.7. The molecule has 0 spiro atoms. The number of allylic oxidation sites excluding steroid dienone is 2. The first-order valence-electron chi connectivity index (χ1n) is 11.0. The molecule has 6 nitrogen and oxygen atoms in total. The van der Waals surface area contributed by atoms with Crippen molar-refractivity contribution in [1.82, 2.24) is 5.32 Å². The highest BCUT2D eigenvalue weighted by Gasteiger charge is 2.25. The lowest BCUT2D eigenvalue weighted by molar-refractivity contribution is -0.121. The molecule has 0 aliphatic carbocycles. The first-order chi connectivity index (χ1) is 13.4. The highest BCUT2D eigenvalue weighted by atomic mass is 31.2. The predicted octanol–water partition coefficient (Wildman–Crippen LogP) is 5.03. The molecule has 1 unspecified atom stereocenters. The van der Waals surface area contributed by atoms with Crippen LogP contribution in [0.5, 0.6) is 0 Å². The molecule has 7 heteroatoms. The number of aliphatic hydroxyl groups excluding tert-OH is 1. The molecule has 4 N–H and O–H groups in total. The number of nitrogens with one attached hydrogen (secondary N) is 1. The summed E-state index contributed by atoms with van der Waals surface area (Å²) in [7, 11) is -4.47. The first kappa shape index (κ1) is 27.3. The molecule has 0 heterocycles. The normalized spacial score (nSPS) is 13.1. The molecule has 0 aromatic carbocycles. The van der Waals surface area contributed by atoms with Gasteiger partial charge in [-0.1, -0.05) is 70.4 Å². The second kappa shape index (κ2) is 18.4. The number of amides is 1. The molecular formula is C21H42NO5P. The number of hydrogen-bond acceptors (Lipinski definition) is 3. The molecule has 1 amide bonds. The van der Waals surface area contributed by atoms with Crippen LogP contribution in [0.15, 0.2) is 12.2 Å². The topological polar surface area (TPSA) is 107 Å². The third-order valence-electron chi connectivity index (χ3n) is 4.78. The fraction of sp³-hybridized carbons (Fsp3) is 0.857. The van der Waals surface area contributed by atoms with E-state index in [0.717, 1.165) is 25.7 Å². The standard InChI is InChI=1S/C21H42NO5P/c1-2-3-4-5-6-7-8-9-10-11-12-13-14-15-16-17-20(23)22-19-18-21(24)28(25,26)27/h9-10,21,24H,2-8,11-19H2,1H3,(H,22,23)(H2,25,26,27)/b10-9-. The zero-order chi connectivity index (χ0) is 21.1. The molecular weight excluding hydrogens is 377 g/mol. The van der Waals surface area contributed by atoms with Crippen molar-refractivity contribution < 1.29 is 24.3 Å². The maximum Gasteiger partial charge on any atom is 0.353 e. The van der Waals surface area contributed by atoms with Crippen molar-refractivity contribution in [2.75, 3.05) is 6.54 Å². The molecule has 1 atom stereocenters. The van der Waals surface area contributed by atoms with Crippen LogP contribution in [-0.4, -0.2) is 33.2 Å². The van der Waals surface area contributed by atoms with E-state index in [0.29, 0.717) is 6.42 Å². The number of carbonyl (C=O) groups is 1. The zero-order valence-corrected chi connectivity index (χ0v) is 18.5. The maximum atomic E-state index is 11.6. The fourth-order valence-corrected chi connectivity index (χ4v) is 3.42. The molecule has 0 saturated carbocycles. The van der Waals surface area contributed by atoms with E-state index in [1.807, 2.05) is 0 Å². The van der Waals surface area contributed by atoms with Gasteiger partial charge in [-0.3, -0.25) is 9.36 Å². The summed E-state index contributed by atoms with van der Waals surface area (Å²) in [6.07, 6.45) is 20.6. The Kier molecular flexibility index (Phi) is 17.9. The highest BCUT2D eigenvalue weighted by molar-refractivity contribution is 7.52. The molecule has 0 aliphatic heterocycles. The van der Waals surface area contributed by atoms with E-state index in [2.05, 4.69) is 24.4 Å². The summed E-state index contributed by atoms with van der Waals surface area (Å²) in [5, 5.41) is 11.8. The monoisotopic (exact) mass is 419 g/mol. The minimum atomic E-state index is -4.47. The van der Waals surface area contributed by atoms with E-state index in [1.54, 1.807) is 0 Å². The zero-order valence-electron chi connectivity index (χ0n) is 17.7. The third-order valence-corrected chi connectivity index (χ3v) is 5.81. The van der Waals surface area contributed by atoms with Gasteiger partial charge in [-0.2, -0.15) is 0 Å². The van der Waals surface area contributed by atoms with Crippen LogP contribution in [0.2, 0.25) is 0 Å². The largest absolute Gasteiger partial charge is 0.380 e. The molecule has 0 bridgehead atoms. The lowest BCUT2D eigenvalue weighted by atomic mass is 10.1. The lowest BCUT2D eigenvalue weighted by Gasteiger charge is -2.12. The van der Waals surface area contributed by atoms with Crippen LogP contribution in [0.4, 0.5) is 0 Å². The fourth-order valence-electron chi connectivity index (χ4n) is 2.95. The van der Waals surface area contributed by atoms with Gasteiger partial charge in [0.1, 0.15) is 0 Å². The molecule has 0 fully saturated rings. The van der Waals surface area contributed by atoms with Gasteiger partial charge in [-0.25, -0.2) is 0 Å². The van der Waals surface area contributed by atoms with E-state index >= 15 is 0 Å². The molecule has 166 valence electrons. The van der Waals surface area contributed by atoms with Crippen molar-refractivity contribution >= 4 is 13.5 Å². The number of unbranched alkanes of at least 4 members (excludes halogenated alkanes) is 11. The van der Waals surface area contributed by atoms with Crippen molar-refractivity contribution in [3.63, 3.8) is 0 Å². The first-order valence-corrected chi connectivity index (χ1v) is 12.7. The minimum absolute atomic E-state index is 0.0795. The molecule has 0 rings (SSSR count). The Labute approximate surface area is 171 Å². The average molecular weight is 420 g/mol. The smallest absolute Gasteiger partial charge is 0.353 e. The molecule has 0 radical (unpaired) electrons. The van der Waals surface area contributed by atoms with E-state index in [-0.39, 0.29) is 18.9 Å². The van der Waals surface area contributed by atoms with Crippen molar-refractivity contribution in [3.8, 4) is 0 Å². The number of rotatable bonds is 19. The molecule has 0 saturated heterocycles. The number of aliphatic hydroxyl groups is 1. The van der Waals surface area contributed by atoms with Crippen LogP contribution in [0.3, 0.4) is 0 Å². The van der Waals surface area contributed by atoms with Gasteiger partial charge in [0.05, 0.1) is 0 Å². The van der Waals surface area contributed by atoms with Crippen LogP contribution in [-0.2, 0) is 9.36 Å². The van der Waals surface area contributed by atoms with Gasteiger partial charge in [-0.05, 0) is 32.1 Å². The van der Waals surface area contributed by atoms with Gasteiger partial charge >= 0.3 is 7.60 Å². The van der Waals surface area contributed by atoms with E-state index in [4.69, 9.17) is 9.79 Å². The van der Waals surface area contributed by atoms with Crippen LogP contribution < -0.4 is 5.32 Å². The summed E-state index contributed by atoms with van der Waals surface area (Å²) < 4.78 is 10.8. The Bertz CT molecular complexity index is 450. The van der Waals surface area contributed by atoms with Gasteiger partial charge in [0.15, 0.2) is 5.85 Å². The van der Waals surface area contributed by atoms with Crippen LogP contribution in [0.1, 0.15) is 103 Å². The summed E-state index contributed by atoms with van der Waals surface area (Å²) in [4.78, 5) is 29.1. The summed E-state index contributed by atoms with van der Waals surface area (Å²) in [5.74, 6) is -1.83. The van der Waals surface area contributed by atoms with Crippen LogP contribution >= 0.6 is 7.60 Å². The molecule has 0 aromatic rings. The Hall–Kier alpha value is -0.680. The van der Waals surface area contributed by atoms with E-state index in [9.17, 15) is 14.5 Å². The summed E-state index contributed by atoms with van der Waals surface area (Å²) in [6.45, 7) is 2.32. The lowest BCUT2D eigenvalue weighted by Crippen LogP contribution is -2.26. The SMILES string of the molecule is CCCCCCCC/C=C\CCCCCCCC(=O)NCCC(O)P(=O)(O)O. The summed E-state index contributed by atoms with van der Waals surface area (Å²) in [6, 6.07) is 0. The second-order valence-corrected chi connectivity index (χ2v) is 9.32. The minimum Gasteiger partial charge on any atom is -0.380 e. The van der Waals surface area contributed by atoms with Gasteiger partial charge < -0.3 is 20.2 Å². The van der Waals surface area contributed by atoms with Crippen molar-refractivity contribution in [2.45, 2.75) is 109 Å². The summed E-state index contributed by atoms with van der Waals surface area (Å²) in [5.41, 5.74) is 0. The Balaban J connectivity index is 3.35. The average Bonchev–Trinajstić information content (AvgIpc) is 2.64. The molecule has 0 aromatic heterocycles. The Morgan fingerprint density at radius 1 is 0.893 bits per heavy atom. The quantitative estimate of drug-likeness (QED) is 0.133. The number of hydrogen-bond donors (Lipinski definition) is 4. The van der Waals surface area contributed by atoms with Gasteiger partial charge in [0.25, 0.3) is 0 Å². The van der Waals surface area contributed by atoms with Crippen LogP contribution in [0.25, 0.3) is 0 Å². The van der Waals surface area contributed by atoms with Crippen molar-refractivity contribution in [3.05, 3.63) is 12.2 Å². The Morgan fingerprint density at radius 3 is 1.93 bits per heavy atom. The van der Waals surface area contributed by atoms with Crippen molar-refractivity contribution in [2.24, 2.45) is 0 Å². The van der Waals surface area contributed by atoms with Crippen LogP contribution in [0, 0.1) is 0 Å². The predicted molar refractivity (Wildman–Crippen MR) is 115 cm³/mol. The van der Waals surface area contributed by atoms with Gasteiger partial charge in [0, 0.05) is 19.4 Å². The number of carbonyl (C=O) groups excluding carboxylic acids is 1. The second-order valence-electron chi connectivity index (χ2n) is 7.54. The van der Waals surface area contributed by atoms with Crippen molar-refractivity contribution in [1.29, 1.82) is 0 Å².